The molecule has 0 saturated heterocycles. The molecule has 24 nitrogen and oxygen atoms in total. The first kappa shape index (κ1) is 38.8. The third-order valence-electron chi connectivity index (χ3n) is 6.93. The van der Waals surface area contributed by atoms with E-state index in [1.807, 2.05) is 0 Å². The van der Waals surface area contributed by atoms with Crippen LogP contribution in [0, 0.1) is 20.2 Å². The largest absolute Gasteiger partial charge is 0.497 e. The lowest BCUT2D eigenvalue weighted by Crippen LogP contribution is -2.43. The Balaban J connectivity index is 0.000000258. The molecule has 53 heavy (non-hydrogen) atoms. The smallest absolute Gasteiger partial charge is 0.348 e. The molecular formula is C27H28N10O14S2. The molecule has 0 aliphatic rings. The zero-order valence-electron chi connectivity index (χ0n) is 27.6. The number of nitrogens with one attached hydrogen (secondary N) is 5. The van der Waals surface area contributed by atoms with Gasteiger partial charge in [0.25, 0.3) is 22.5 Å². The third-order valence-corrected chi connectivity index (χ3v) is 7.96. The maximum atomic E-state index is 12.7. The van der Waals surface area contributed by atoms with Crippen LogP contribution in [0.3, 0.4) is 0 Å². The molecule has 0 saturated carbocycles. The number of ether oxygens (including phenoxy) is 2. The van der Waals surface area contributed by atoms with E-state index in [9.17, 15) is 56.2 Å². The molecule has 0 aliphatic heterocycles. The molecule has 2 heterocycles. The second kappa shape index (κ2) is 14.7. The second-order valence-electron chi connectivity index (χ2n) is 10.8. The number of fused-ring (bicyclic) bond motifs is 2. The summed E-state index contributed by atoms with van der Waals surface area (Å²) in [6.07, 6.45) is 1.53. The first-order valence-electron chi connectivity index (χ1n) is 14.2. The molecule has 7 N–H and O–H groups in total. The van der Waals surface area contributed by atoms with Gasteiger partial charge in [0, 0.05) is 30.3 Å². The Morgan fingerprint density at radius 3 is 1.70 bits per heavy atom. The van der Waals surface area contributed by atoms with E-state index in [-0.39, 0.29) is 49.1 Å². The van der Waals surface area contributed by atoms with Crippen LogP contribution in [0.1, 0.15) is 5.56 Å². The molecule has 3 aromatic carbocycles. The van der Waals surface area contributed by atoms with Crippen molar-refractivity contribution in [2.45, 2.75) is 6.54 Å². The van der Waals surface area contributed by atoms with E-state index >= 15 is 0 Å². The predicted octanol–water partition coefficient (Wildman–Crippen LogP) is -0.586. The molecule has 5 aromatic rings. The molecule has 0 radical (unpaired) electrons. The fourth-order valence-electron chi connectivity index (χ4n) is 4.66. The first-order valence-corrected chi connectivity index (χ1v) is 18.0. The predicted molar refractivity (Wildman–Crippen MR) is 191 cm³/mol. The van der Waals surface area contributed by atoms with Gasteiger partial charge in [0.15, 0.2) is 0 Å². The molecule has 282 valence electrons. The van der Waals surface area contributed by atoms with Crippen LogP contribution in [0.5, 0.6) is 11.5 Å². The van der Waals surface area contributed by atoms with Gasteiger partial charge in [0.05, 0.1) is 58.4 Å². The minimum Gasteiger partial charge on any atom is -0.497 e. The van der Waals surface area contributed by atoms with E-state index in [2.05, 4.69) is 15.3 Å². The zero-order chi connectivity index (χ0) is 39.6. The summed E-state index contributed by atoms with van der Waals surface area (Å²) in [5.41, 5.74) is 0.507. The van der Waals surface area contributed by atoms with E-state index in [1.165, 1.54) is 20.3 Å². The fourth-order valence-corrected chi connectivity index (χ4v) is 5.65. The van der Waals surface area contributed by atoms with Gasteiger partial charge in [-0.25, -0.2) is 36.1 Å². The molecule has 0 unspecified atom stereocenters. The number of sulfonamides is 2. The average Bonchev–Trinajstić information content (AvgIpc) is 3.06. The minimum absolute atomic E-state index is 0.0181. The molecule has 0 amide bonds. The number of nitrogens with zero attached hydrogens (tertiary/aromatic N) is 4. The van der Waals surface area contributed by atoms with Gasteiger partial charge in [0.1, 0.15) is 22.9 Å². The van der Waals surface area contributed by atoms with Gasteiger partial charge in [-0.2, -0.15) is 9.35 Å². The Morgan fingerprint density at radius 1 is 0.755 bits per heavy atom. The Hall–Kier alpha value is -6.96. The van der Waals surface area contributed by atoms with Crippen molar-refractivity contribution in [2.24, 2.45) is 0 Å². The SMILES string of the molecule is COc1ccc(CNc2cc3c(=O)n(NS(C)(=O)=O)c(=O)[nH]c3cc2[N+](=O)[O-])c(OC)c1.CS(=O)(=O)Nn1c(=O)[nH]c2cc([N+](=O)[O-])c(N)cc2c1=O. The maximum absolute atomic E-state index is 12.7. The van der Waals surface area contributed by atoms with Crippen molar-refractivity contribution in [3.63, 3.8) is 0 Å². The van der Waals surface area contributed by atoms with Crippen molar-refractivity contribution in [3.05, 3.63) is 110 Å². The number of benzene rings is 3. The van der Waals surface area contributed by atoms with Crippen molar-refractivity contribution in [1.29, 1.82) is 0 Å². The van der Waals surface area contributed by atoms with Crippen molar-refractivity contribution >= 4 is 64.6 Å². The van der Waals surface area contributed by atoms with Crippen LogP contribution in [0.25, 0.3) is 21.8 Å². The quantitative estimate of drug-likeness (QED) is 0.0554. The highest BCUT2D eigenvalue weighted by atomic mass is 32.2. The van der Waals surface area contributed by atoms with Crippen LogP contribution in [0.4, 0.5) is 22.7 Å². The number of nitrogen functional groups attached to an aromatic ring is 1. The summed E-state index contributed by atoms with van der Waals surface area (Å²) in [7, 11) is -4.84. The van der Waals surface area contributed by atoms with E-state index < -0.39 is 63.8 Å². The highest BCUT2D eigenvalue weighted by molar-refractivity contribution is 7.91. The molecule has 0 atom stereocenters. The van der Waals surface area contributed by atoms with Crippen LogP contribution in [-0.2, 0) is 26.6 Å². The standard InChI is InChI=1S/C18H19N5O8S.C9H9N5O6S/c1-30-11-5-4-10(16(6-11)31-2)9-19-14-7-12-13(8-15(14)23(26)27)20-18(25)22(17(12)24)21-32(3,28)29;1-21(19,20)12-13-8(15)4-2-5(10)7(14(17)18)3-6(4)11-9(13)16/h4-8,19,21H,9H2,1-3H3,(H,20,25);2-3,12H,10H2,1H3,(H,11,16). The summed E-state index contributed by atoms with van der Waals surface area (Å²) >= 11 is 0. The monoisotopic (exact) mass is 780 g/mol. The fraction of sp³-hybridized carbons (Fsp3) is 0.185. The molecule has 0 spiro atoms. The van der Waals surface area contributed by atoms with Crippen LogP contribution in [-0.4, -0.2) is 72.7 Å². The highest BCUT2D eigenvalue weighted by Crippen LogP contribution is 2.30. The van der Waals surface area contributed by atoms with Crippen molar-refractivity contribution in [2.75, 3.05) is 47.4 Å². The van der Waals surface area contributed by atoms with E-state index in [0.717, 1.165) is 30.7 Å². The lowest BCUT2D eigenvalue weighted by atomic mass is 10.1. The second-order valence-corrected chi connectivity index (χ2v) is 14.2. The van der Waals surface area contributed by atoms with Crippen molar-refractivity contribution < 1.29 is 36.2 Å². The molecule has 0 aliphatic carbocycles. The normalized spacial score (nSPS) is 11.3. The summed E-state index contributed by atoms with van der Waals surface area (Å²) in [4.78, 5) is 77.3. The number of hydrogen-bond acceptors (Lipinski definition) is 16. The summed E-state index contributed by atoms with van der Waals surface area (Å²) in [6.45, 7) is 0.0959. The van der Waals surface area contributed by atoms with Crippen molar-refractivity contribution in [3.8, 4) is 11.5 Å². The molecule has 0 bridgehead atoms. The van der Waals surface area contributed by atoms with Crippen LogP contribution < -0.4 is 52.7 Å². The molecular weight excluding hydrogens is 752 g/mol. The Kier molecular flexibility index (Phi) is 10.8. The Labute approximate surface area is 295 Å². The van der Waals surface area contributed by atoms with Gasteiger partial charge in [-0.05, 0) is 24.3 Å². The van der Waals surface area contributed by atoms with Crippen LogP contribution >= 0.6 is 0 Å². The number of nitro benzene ring substituents is 2. The maximum Gasteiger partial charge on any atom is 0.348 e. The number of nitro groups is 2. The van der Waals surface area contributed by atoms with Gasteiger partial charge in [-0.3, -0.25) is 29.8 Å². The number of methoxy groups -OCH3 is 2. The number of aromatic nitrogens is 4. The average molecular weight is 781 g/mol. The Bertz CT molecular complexity index is 2770. The Morgan fingerprint density at radius 2 is 1.25 bits per heavy atom. The van der Waals surface area contributed by atoms with Gasteiger partial charge >= 0.3 is 11.4 Å². The van der Waals surface area contributed by atoms with Crippen LogP contribution in [0.2, 0.25) is 0 Å². The third kappa shape index (κ3) is 8.86. The number of aromatic amines is 2. The van der Waals surface area contributed by atoms with E-state index in [1.54, 1.807) is 27.9 Å². The number of nitrogens with two attached hydrogens (primary N) is 1. The summed E-state index contributed by atoms with van der Waals surface area (Å²) in [5.74, 6) is 1.04. The molecule has 26 heteroatoms. The van der Waals surface area contributed by atoms with Gasteiger partial charge in [-0.1, -0.05) is 0 Å². The first-order chi connectivity index (χ1) is 24.6. The summed E-state index contributed by atoms with van der Waals surface area (Å²) in [6, 6.07) is 9.15. The summed E-state index contributed by atoms with van der Waals surface area (Å²) in [5, 5.41) is 24.9. The number of rotatable bonds is 11. The van der Waals surface area contributed by atoms with Crippen LogP contribution in [0.15, 0.2) is 61.6 Å². The molecule has 5 rings (SSSR count). The summed E-state index contributed by atoms with van der Waals surface area (Å²) < 4.78 is 56.1. The minimum atomic E-state index is -3.94. The highest BCUT2D eigenvalue weighted by Gasteiger charge is 2.21. The van der Waals surface area contributed by atoms with Crippen molar-refractivity contribution in [1.82, 2.24) is 19.3 Å². The molecule has 0 fully saturated rings. The van der Waals surface area contributed by atoms with E-state index in [4.69, 9.17) is 15.2 Å². The number of hydrogen-bond donors (Lipinski definition) is 6. The lowest BCUT2D eigenvalue weighted by molar-refractivity contribution is -0.384. The van der Waals surface area contributed by atoms with E-state index in [0.29, 0.717) is 17.1 Å². The number of H-pyrrole nitrogens is 2. The van der Waals surface area contributed by atoms with Gasteiger partial charge in [-0.15, -0.1) is 0 Å². The topological polar surface area (TPSA) is 345 Å². The zero-order valence-corrected chi connectivity index (χ0v) is 29.3. The lowest BCUT2D eigenvalue weighted by Gasteiger charge is -2.13. The van der Waals surface area contributed by atoms with Gasteiger partial charge < -0.3 is 30.5 Å². The molecule has 2 aromatic heterocycles. The number of anilines is 2. The van der Waals surface area contributed by atoms with Gasteiger partial charge in [0.2, 0.25) is 20.0 Å².